The SMILES string of the molecule is C#C[C@H]1CC[C@H](c2ccccc2)S(=O)(=O)N1Cc1ccc(C2(C(N)=O)CC(OC)(OC)C2)cc1F. The number of carbonyl (C=O) groups excluding carboxylic acids is 1. The van der Waals surface area contributed by atoms with Crippen LogP contribution in [0.4, 0.5) is 4.39 Å². The highest BCUT2D eigenvalue weighted by molar-refractivity contribution is 7.89. The Bertz CT molecular complexity index is 1250. The first-order chi connectivity index (χ1) is 16.6. The predicted molar refractivity (Wildman–Crippen MR) is 129 cm³/mol. The van der Waals surface area contributed by atoms with Gasteiger partial charge in [0.2, 0.25) is 15.9 Å². The van der Waals surface area contributed by atoms with E-state index < -0.39 is 44.2 Å². The first-order valence-electron chi connectivity index (χ1n) is 11.3. The van der Waals surface area contributed by atoms with Gasteiger partial charge in [-0.2, -0.15) is 4.31 Å². The van der Waals surface area contributed by atoms with Crippen LogP contribution in [0.25, 0.3) is 0 Å². The van der Waals surface area contributed by atoms with E-state index >= 15 is 4.39 Å². The van der Waals surface area contributed by atoms with Gasteiger partial charge >= 0.3 is 0 Å². The van der Waals surface area contributed by atoms with Gasteiger partial charge in [-0.25, -0.2) is 12.8 Å². The highest BCUT2D eigenvalue weighted by Crippen LogP contribution is 2.52. The van der Waals surface area contributed by atoms with Crippen molar-refractivity contribution in [3.63, 3.8) is 0 Å². The van der Waals surface area contributed by atoms with Crippen LogP contribution in [0, 0.1) is 18.2 Å². The Morgan fingerprint density at radius 1 is 1.17 bits per heavy atom. The zero-order chi connectivity index (χ0) is 25.4. The summed E-state index contributed by atoms with van der Waals surface area (Å²) in [6.07, 6.45) is 6.82. The van der Waals surface area contributed by atoms with E-state index in [0.29, 0.717) is 24.0 Å². The summed E-state index contributed by atoms with van der Waals surface area (Å²) < 4.78 is 54.4. The number of rotatable bonds is 7. The molecule has 0 bridgehead atoms. The summed E-state index contributed by atoms with van der Waals surface area (Å²) in [5.41, 5.74) is 5.79. The second kappa shape index (κ2) is 9.36. The lowest BCUT2D eigenvalue weighted by Gasteiger charge is -2.52. The van der Waals surface area contributed by atoms with E-state index in [0.717, 1.165) is 0 Å². The van der Waals surface area contributed by atoms with E-state index in [4.69, 9.17) is 21.6 Å². The zero-order valence-corrected chi connectivity index (χ0v) is 20.6. The molecule has 2 atom stereocenters. The van der Waals surface area contributed by atoms with Crippen molar-refractivity contribution < 1.29 is 27.1 Å². The van der Waals surface area contributed by atoms with Crippen LogP contribution in [0.1, 0.15) is 47.6 Å². The molecule has 2 aromatic rings. The molecule has 1 saturated heterocycles. The van der Waals surface area contributed by atoms with Crippen molar-refractivity contribution in [3.05, 3.63) is 71.0 Å². The minimum absolute atomic E-state index is 0.152. The third-order valence-electron chi connectivity index (χ3n) is 7.39. The number of nitrogens with zero attached hydrogens (tertiary/aromatic N) is 1. The van der Waals surface area contributed by atoms with Crippen molar-refractivity contribution in [3.8, 4) is 12.3 Å². The number of terminal acetylenes is 1. The van der Waals surface area contributed by atoms with Crippen LogP contribution >= 0.6 is 0 Å². The molecule has 1 amide bonds. The molecule has 1 aliphatic carbocycles. The van der Waals surface area contributed by atoms with E-state index in [1.54, 1.807) is 30.3 Å². The number of nitrogens with two attached hydrogens (primary N) is 1. The maximum absolute atomic E-state index is 15.3. The maximum atomic E-state index is 15.3. The molecule has 2 aliphatic rings. The second-order valence-corrected chi connectivity index (χ2v) is 11.2. The van der Waals surface area contributed by atoms with Crippen LogP contribution in [0.2, 0.25) is 0 Å². The molecule has 35 heavy (non-hydrogen) atoms. The molecule has 9 heteroatoms. The smallest absolute Gasteiger partial charge is 0.228 e. The summed E-state index contributed by atoms with van der Waals surface area (Å²) >= 11 is 0. The minimum Gasteiger partial charge on any atom is -0.369 e. The van der Waals surface area contributed by atoms with Crippen molar-refractivity contribution >= 4 is 15.9 Å². The molecule has 0 spiro atoms. The molecule has 2 aromatic carbocycles. The number of hydrogen-bond donors (Lipinski definition) is 1. The molecule has 0 aromatic heterocycles. The first kappa shape index (κ1) is 25.3. The predicted octanol–water partition coefficient (Wildman–Crippen LogP) is 3.00. The zero-order valence-electron chi connectivity index (χ0n) is 19.7. The number of methoxy groups -OCH3 is 2. The van der Waals surface area contributed by atoms with Crippen LogP contribution in [0.3, 0.4) is 0 Å². The number of primary amides is 1. The van der Waals surface area contributed by atoms with Gasteiger partial charge in [-0.05, 0) is 30.0 Å². The van der Waals surface area contributed by atoms with Gasteiger partial charge < -0.3 is 15.2 Å². The molecule has 186 valence electrons. The molecule has 2 fully saturated rings. The molecule has 7 nitrogen and oxygen atoms in total. The van der Waals surface area contributed by atoms with Gasteiger partial charge in [0.25, 0.3) is 0 Å². The number of ether oxygens (including phenoxy) is 2. The van der Waals surface area contributed by atoms with Gasteiger partial charge in [-0.15, -0.1) is 6.42 Å². The number of sulfonamides is 1. The quantitative estimate of drug-likeness (QED) is 0.466. The van der Waals surface area contributed by atoms with Crippen molar-refractivity contribution in [2.24, 2.45) is 5.73 Å². The van der Waals surface area contributed by atoms with Gasteiger partial charge in [0.1, 0.15) is 11.1 Å². The molecular weight excluding hydrogens is 471 g/mol. The highest BCUT2D eigenvalue weighted by Gasteiger charge is 2.60. The average Bonchev–Trinajstić information content (AvgIpc) is 2.82. The standard InChI is InChI=1S/C26H29FN2O5S/c1-4-21-12-13-23(18-8-6-5-7-9-18)35(31,32)29(21)15-19-10-11-20(14-22(19)27)25(24(28)30)16-26(17-25,33-2)34-3/h1,5-11,14,21,23H,12-13,15-17H2,2-3H3,(H2,28,30)/t21-,23+/m0/s1. The lowest BCUT2D eigenvalue weighted by Crippen LogP contribution is -2.62. The van der Waals surface area contributed by atoms with Gasteiger partial charge in [0.05, 0.1) is 11.5 Å². The van der Waals surface area contributed by atoms with Gasteiger partial charge in [-0.1, -0.05) is 48.4 Å². The van der Waals surface area contributed by atoms with Gasteiger partial charge in [-0.3, -0.25) is 4.79 Å². The lowest BCUT2D eigenvalue weighted by atomic mass is 9.60. The molecule has 0 radical (unpaired) electrons. The van der Waals surface area contributed by atoms with Crippen LogP contribution < -0.4 is 5.73 Å². The fourth-order valence-electron chi connectivity index (χ4n) is 5.22. The summed E-state index contributed by atoms with van der Waals surface area (Å²) in [6, 6.07) is 12.6. The Hall–Kier alpha value is -2.77. The Balaban J connectivity index is 1.63. The van der Waals surface area contributed by atoms with E-state index in [9.17, 15) is 13.2 Å². The van der Waals surface area contributed by atoms with E-state index in [-0.39, 0.29) is 24.9 Å². The Labute approximate surface area is 205 Å². The third-order valence-corrected chi connectivity index (χ3v) is 9.65. The van der Waals surface area contributed by atoms with Crippen LogP contribution in [0.5, 0.6) is 0 Å². The summed E-state index contributed by atoms with van der Waals surface area (Å²) in [4.78, 5) is 12.4. The van der Waals surface area contributed by atoms with Crippen molar-refractivity contribution in [1.29, 1.82) is 0 Å². The molecule has 4 rings (SSSR count). The molecule has 2 N–H and O–H groups in total. The van der Waals surface area contributed by atoms with Crippen LogP contribution in [0.15, 0.2) is 48.5 Å². The number of benzene rings is 2. The fraction of sp³-hybridized carbons (Fsp3) is 0.423. The first-order valence-corrected chi connectivity index (χ1v) is 12.8. The maximum Gasteiger partial charge on any atom is 0.228 e. The number of halogens is 1. The molecular formula is C26H29FN2O5S. The van der Waals surface area contributed by atoms with Crippen LogP contribution in [-0.4, -0.2) is 44.7 Å². The summed E-state index contributed by atoms with van der Waals surface area (Å²) in [7, 11) is -0.896. The molecule has 0 unspecified atom stereocenters. The lowest BCUT2D eigenvalue weighted by molar-refractivity contribution is -0.274. The summed E-state index contributed by atoms with van der Waals surface area (Å²) in [6.45, 7) is -0.212. The largest absolute Gasteiger partial charge is 0.369 e. The summed E-state index contributed by atoms with van der Waals surface area (Å²) in [5, 5.41) is -0.750. The molecule has 1 saturated carbocycles. The Morgan fingerprint density at radius 3 is 2.37 bits per heavy atom. The molecule has 1 aliphatic heterocycles. The number of amides is 1. The second-order valence-electron chi connectivity index (χ2n) is 9.17. The summed E-state index contributed by atoms with van der Waals surface area (Å²) in [5.74, 6) is 0.346. The molecule has 1 heterocycles. The fourth-order valence-corrected chi connectivity index (χ4v) is 7.32. The Kier molecular flexibility index (Phi) is 6.77. The minimum atomic E-state index is -3.84. The third kappa shape index (κ3) is 4.25. The average molecular weight is 501 g/mol. The van der Waals surface area contributed by atoms with Gasteiger partial charge in [0.15, 0.2) is 5.79 Å². The van der Waals surface area contributed by atoms with E-state index in [1.165, 1.54) is 30.7 Å². The van der Waals surface area contributed by atoms with Crippen molar-refractivity contribution in [1.82, 2.24) is 4.31 Å². The van der Waals surface area contributed by atoms with Crippen LogP contribution in [-0.2, 0) is 36.3 Å². The van der Waals surface area contributed by atoms with E-state index in [2.05, 4.69) is 5.92 Å². The highest BCUT2D eigenvalue weighted by atomic mass is 32.2. The number of hydrogen-bond acceptors (Lipinski definition) is 5. The van der Waals surface area contributed by atoms with Gasteiger partial charge in [0, 0.05) is 39.2 Å². The van der Waals surface area contributed by atoms with Crippen molar-refractivity contribution in [2.75, 3.05) is 14.2 Å². The Morgan fingerprint density at radius 2 is 1.83 bits per heavy atom. The normalized spacial score (nSPS) is 24.7. The monoisotopic (exact) mass is 500 g/mol. The topological polar surface area (TPSA) is 98.9 Å². The van der Waals surface area contributed by atoms with Crippen molar-refractivity contribution in [2.45, 2.75) is 54.7 Å². The van der Waals surface area contributed by atoms with E-state index in [1.807, 2.05) is 6.07 Å². The number of carbonyl (C=O) groups is 1.